The third-order valence-corrected chi connectivity index (χ3v) is 4.82. The lowest BCUT2D eigenvalue weighted by Crippen LogP contribution is -2.32. The van der Waals surface area contributed by atoms with E-state index in [2.05, 4.69) is 5.32 Å². The van der Waals surface area contributed by atoms with Crippen LogP contribution in [0.4, 0.5) is 5.69 Å². The molecule has 1 atom stereocenters. The number of amides is 1. The van der Waals surface area contributed by atoms with Gasteiger partial charge in [0.1, 0.15) is 5.84 Å². The molecule has 0 fully saturated rings. The molecule has 0 aliphatic carbocycles. The van der Waals surface area contributed by atoms with Crippen LogP contribution in [0.1, 0.15) is 22.8 Å². The van der Waals surface area contributed by atoms with Crippen molar-refractivity contribution in [1.82, 2.24) is 4.90 Å². The zero-order valence-electron chi connectivity index (χ0n) is 16.5. The summed E-state index contributed by atoms with van der Waals surface area (Å²) in [4.78, 5) is 19.0. The lowest BCUT2D eigenvalue weighted by atomic mass is 10.1. The largest absolute Gasteiger partial charge is 0.493 e. The molecule has 0 saturated heterocycles. The van der Waals surface area contributed by atoms with Crippen LogP contribution in [0.25, 0.3) is 0 Å². The van der Waals surface area contributed by atoms with Crippen molar-refractivity contribution < 1.29 is 14.3 Å². The fourth-order valence-electron chi connectivity index (χ4n) is 3.23. The topological polar surface area (TPSA) is 63.2 Å². The molecule has 1 aliphatic heterocycles. The molecule has 1 aliphatic rings. The average molecular weight is 402 g/mol. The molecular weight excluding hydrogens is 378 g/mol. The molecule has 28 heavy (non-hydrogen) atoms. The summed E-state index contributed by atoms with van der Waals surface area (Å²) in [6.07, 6.45) is 0.733. The Balaban J connectivity index is 1.80. The van der Waals surface area contributed by atoms with Gasteiger partial charge in [0.25, 0.3) is 5.91 Å². The van der Waals surface area contributed by atoms with Crippen LogP contribution in [-0.4, -0.2) is 50.5 Å². The predicted octanol–water partition coefficient (Wildman–Crippen LogP) is 3.88. The van der Waals surface area contributed by atoms with Crippen LogP contribution >= 0.6 is 11.6 Å². The number of halogens is 1. The van der Waals surface area contributed by atoms with E-state index in [1.165, 1.54) is 0 Å². The Bertz CT molecular complexity index is 914. The van der Waals surface area contributed by atoms with Gasteiger partial charge in [-0.1, -0.05) is 17.7 Å². The Morgan fingerprint density at radius 3 is 2.64 bits per heavy atom. The highest BCUT2D eigenvalue weighted by molar-refractivity contribution is 6.31. The quantitative estimate of drug-likeness (QED) is 0.825. The van der Waals surface area contributed by atoms with Crippen molar-refractivity contribution in [3.8, 4) is 11.5 Å². The van der Waals surface area contributed by atoms with Gasteiger partial charge in [-0.05, 0) is 49.2 Å². The number of nitrogens with zero attached hydrogens (tertiary/aromatic N) is 2. The van der Waals surface area contributed by atoms with Gasteiger partial charge in [-0.3, -0.25) is 9.79 Å². The number of aliphatic imine (C=N–C) groups is 1. The number of hydrogen-bond acceptors (Lipinski definition) is 4. The molecule has 1 N–H and O–H groups in total. The van der Waals surface area contributed by atoms with Crippen molar-refractivity contribution in [2.75, 3.05) is 33.1 Å². The molecule has 7 heteroatoms. The number of hydrogen-bond donors (Lipinski definition) is 1. The van der Waals surface area contributed by atoms with Crippen LogP contribution in [0.5, 0.6) is 11.5 Å². The Labute approximate surface area is 170 Å². The minimum Gasteiger partial charge on any atom is -0.493 e. The summed E-state index contributed by atoms with van der Waals surface area (Å²) in [5.74, 6) is 2.06. The maximum Gasteiger partial charge on any atom is 0.256 e. The van der Waals surface area contributed by atoms with Crippen molar-refractivity contribution in [1.29, 1.82) is 0 Å². The average Bonchev–Trinajstić information content (AvgIpc) is 2.78. The number of nitrogens with one attached hydrogen (secondary N) is 1. The summed E-state index contributed by atoms with van der Waals surface area (Å²) in [5, 5.41) is 3.82. The van der Waals surface area contributed by atoms with Gasteiger partial charge in [-0.2, -0.15) is 0 Å². The van der Waals surface area contributed by atoms with Crippen molar-refractivity contribution >= 4 is 29.0 Å². The Morgan fingerprint density at radius 1 is 1.18 bits per heavy atom. The van der Waals surface area contributed by atoms with Gasteiger partial charge in [0.15, 0.2) is 11.5 Å². The first-order valence-corrected chi connectivity index (χ1v) is 9.38. The fourth-order valence-corrected chi connectivity index (χ4v) is 3.41. The SMILES string of the molecule is COc1ccc(CC(C)N=C2CN(C)C(=O)c3cc(Cl)ccc3N2)cc1OC. The third-order valence-electron chi connectivity index (χ3n) is 4.58. The first kappa shape index (κ1) is 20.0. The first-order chi connectivity index (χ1) is 13.4. The molecule has 6 nitrogen and oxygen atoms in total. The highest BCUT2D eigenvalue weighted by atomic mass is 35.5. The van der Waals surface area contributed by atoms with Crippen molar-refractivity contribution in [3.05, 3.63) is 52.5 Å². The smallest absolute Gasteiger partial charge is 0.256 e. The van der Waals surface area contributed by atoms with E-state index in [1.54, 1.807) is 38.3 Å². The summed E-state index contributed by atoms with van der Waals surface area (Å²) in [6.45, 7) is 2.45. The molecule has 1 heterocycles. The molecule has 1 amide bonds. The van der Waals surface area contributed by atoms with E-state index >= 15 is 0 Å². The number of amidine groups is 1. The molecule has 2 aromatic rings. The van der Waals surface area contributed by atoms with Crippen LogP contribution in [0, 0.1) is 0 Å². The molecule has 148 valence electrons. The molecule has 0 saturated carbocycles. The van der Waals surface area contributed by atoms with E-state index in [1.807, 2.05) is 31.2 Å². The second-order valence-corrected chi connectivity index (χ2v) is 7.23. The van der Waals surface area contributed by atoms with E-state index in [-0.39, 0.29) is 11.9 Å². The van der Waals surface area contributed by atoms with Gasteiger partial charge in [-0.25, -0.2) is 0 Å². The van der Waals surface area contributed by atoms with Crippen molar-refractivity contribution in [3.63, 3.8) is 0 Å². The van der Waals surface area contributed by atoms with Gasteiger partial charge >= 0.3 is 0 Å². The van der Waals surface area contributed by atoms with E-state index < -0.39 is 0 Å². The Morgan fingerprint density at radius 2 is 1.93 bits per heavy atom. The molecule has 2 aromatic carbocycles. The van der Waals surface area contributed by atoms with E-state index in [9.17, 15) is 4.79 Å². The number of carbonyl (C=O) groups is 1. The van der Waals surface area contributed by atoms with E-state index in [4.69, 9.17) is 26.1 Å². The van der Waals surface area contributed by atoms with Crippen molar-refractivity contribution in [2.24, 2.45) is 4.99 Å². The number of likely N-dealkylation sites (N-methyl/N-ethyl adjacent to an activating group) is 1. The lowest BCUT2D eigenvalue weighted by molar-refractivity contribution is 0.0817. The molecular formula is C21H24ClN3O3. The van der Waals surface area contributed by atoms with Crippen LogP contribution in [-0.2, 0) is 6.42 Å². The zero-order valence-corrected chi connectivity index (χ0v) is 17.2. The van der Waals surface area contributed by atoms with Crippen LogP contribution in [0.3, 0.4) is 0 Å². The van der Waals surface area contributed by atoms with Gasteiger partial charge in [0.05, 0.1) is 38.1 Å². The van der Waals surface area contributed by atoms with Gasteiger partial charge in [0, 0.05) is 12.1 Å². The summed E-state index contributed by atoms with van der Waals surface area (Å²) in [5.41, 5.74) is 2.36. The van der Waals surface area contributed by atoms with Crippen LogP contribution in [0.15, 0.2) is 41.4 Å². The molecule has 0 aromatic heterocycles. The zero-order chi connectivity index (χ0) is 20.3. The van der Waals surface area contributed by atoms with Gasteiger partial charge < -0.3 is 19.7 Å². The Hall–Kier alpha value is -2.73. The third kappa shape index (κ3) is 4.39. The number of ether oxygens (including phenoxy) is 2. The number of methoxy groups -OCH3 is 2. The van der Waals surface area contributed by atoms with Gasteiger partial charge in [0.2, 0.25) is 0 Å². The standard InChI is InChI=1S/C21H24ClN3O3/c1-13(9-14-5-8-18(27-3)19(10-14)28-4)23-20-12-25(2)21(26)16-11-15(22)6-7-17(16)24-20/h5-8,10-11,13H,9,12H2,1-4H3,(H,23,24). The molecule has 3 rings (SSSR count). The molecule has 0 spiro atoms. The summed E-state index contributed by atoms with van der Waals surface area (Å²) in [7, 11) is 5.00. The highest BCUT2D eigenvalue weighted by Crippen LogP contribution is 2.28. The molecule has 0 radical (unpaired) electrons. The van der Waals surface area contributed by atoms with Gasteiger partial charge in [-0.15, -0.1) is 0 Å². The maximum atomic E-state index is 12.6. The number of rotatable bonds is 5. The second-order valence-electron chi connectivity index (χ2n) is 6.79. The fraction of sp³-hybridized carbons (Fsp3) is 0.333. The second kappa shape index (κ2) is 8.52. The molecule has 0 bridgehead atoms. The summed E-state index contributed by atoms with van der Waals surface area (Å²) < 4.78 is 10.7. The summed E-state index contributed by atoms with van der Waals surface area (Å²) in [6, 6.07) is 11.1. The number of benzene rings is 2. The monoisotopic (exact) mass is 401 g/mol. The van der Waals surface area contributed by atoms with Crippen LogP contribution in [0.2, 0.25) is 5.02 Å². The highest BCUT2D eigenvalue weighted by Gasteiger charge is 2.23. The number of carbonyl (C=O) groups excluding carboxylic acids is 1. The number of fused-ring (bicyclic) bond motifs is 1. The normalized spacial score (nSPS) is 16.2. The predicted molar refractivity (Wildman–Crippen MR) is 112 cm³/mol. The van der Waals surface area contributed by atoms with Crippen molar-refractivity contribution in [2.45, 2.75) is 19.4 Å². The minimum atomic E-state index is -0.0808. The summed E-state index contributed by atoms with van der Waals surface area (Å²) >= 11 is 6.05. The Kier molecular flexibility index (Phi) is 6.09. The number of anilines is 1. The minimum absolute atomic E-state index is 0.0120. The lowest BCUT2D eigenvalue weighted by Gasteiger charge is -2.16. The van der Waals surface area contributed by atoms with Crippen LogP contribution < -0.4 is 14.8 Å². The van der Waals surface area contributed by atoms with E-state index in [0.29, 0.717) is 28.6 Å². The first-order valence-electron chi connectivity index (χ1n) is 9.01. The van der Waals surface area contributed by atoms with E-state index in [0.717, 1.165) is 23.5 Å². The maximum absolute atomic E-state index is 12.6. The molecule has 1 unspecified atom stereocenters.